The highest BCUT2D eigenvalue weighted by Crippen LogP contribution is 2.47. The summed E-state index contributed by atoms with van der Waals surface area (Å²) >= 11 is 5.11. The molecule has 4 amide bonds. The summed E-state index contributed by atoms with van der Waals surface area (Å²) in [6.45, 7) is 8.22. The number of benzene rings is 4. The molecule has 9 rings (SSSR count). The molecule has 4 aliphatic heterocycles. The minimum Gasteiger partial charge on any atom is -0.508 e. The monoisotopic (exact) mass is 863 g/mol. The van der Waals surface area contributed by atoms with Crippen LogP contribution in [-0.4, -0.2) is 108 Å². The molecule has 1 aromatic heterocycles. The van der Waals surface area contributed by atoms with Crippen LogP contribution >= 0.6 is 27.3 Å². The second-order valence-corrected chi connectivity index (χ2v) is 17.3. The first kappa shape index (κ1) is 38.2. The number of rotatable bonds is 11. The SMILES string of the molecule is O=C1CCC(N2C(=O)c3ccc(N4CC(CN5CCCN(CCOc6ccc(Oc7c(-c8ccc(Br)cc8)sc8cc(O)ccc78)cc6)CC5)C4)cc3C2=O)C(=O)N1. The maximum atomic E-state index is 13.3. The van der Waals surface area contributed by atoms with Crippen molar-refractivity contribution in [3.8, 4) is 33.4 Å². The van der Waals surface area contributed by atoms with E-state index in [2.05, 4.69) is 48.1 Å². The second kappa shape index (κ2) is 16.2. The van der Waals surface area contributed by atoms with Crippen molar-refractivity contribution < 1.29 is 33.8 Å². The Kier molecular flexibility index (Phi) is 10.7. The zero-order chi connectivity index (χ0) is 39.9. The van der Waals surface area contributed by atoms with Gasteiger partial charge in [0.1, 0.15) is 29.9 Å². The number of phenols is 1. The molecule has 4 aromatic carbocycles. The lowest BCUT2D eigenvalue weighted by atomic mass is 9.97. The zero-order valence-corrected chi connectivity index (χ0v) is 34.1. The van der Waals surface area contributed by atoms with Gasteiger partial charge in [0.05, 0.1) is 16.0 Å². The van der Waals surface area contributed by atoms with Crippen LogP contribution in [0.15, 0.2) is 89.4 Å². The predicted octanol–water partition coefficient (Wildman–Crippen LogP) is 6.75. The molecule has 5 heterocycles. The van der Waals surface area contributed by atoms with E-state index in [1.54, 1.807) is 35.6 Å². The molecule has 0 bridgehead atoms. The molecule has 0 saturated carbocycles. The summed E-state index contributed by atoms with van der Waals surface area (Å²) in [5.74, 6) is 1.04. The average molecular weight is 865 g/mol. The number of carbonyl (C=O) groups excluding carboxylic acids is 4. The van der Waals surface area contributed by atoms with Gasteiger partial charge in [-0.3, -0.25) is 34.3 Å². The number of imide groups is 2. The fraction of sp³-hybridized carbons (Fsp3) is 0.318. The number of hydrogen-bond donors (Lipinski definition) is 2. The van der Waals surface area contributed by atoms with Gasteiger partial charge in [0.15, 0.2) is 5.75 Å². The molecule has 1 unspecified atom stereocenters. The van der Waals surface area contributed by atoms with Crippen LogP contribution in [0.5, 0.6) is 23.0 Å². The van der Waals surface area contributed by atoms with Crippen LogP contribution in [0.4, 0.5) is 5.69 Å². The maximum absolute atomic E-state index is 13.3. The number of halogens is 1. The van der Waals surface area contributed by atoms with E-state index in [0.29, 0.717) is 29.4 Å². The number of phenolic OH excluding ortho intramolecular Hbond substituents is 1. The van der Waals surface area contributed by atoms with Crippen LogP contribution in [-0.2, 0) is 9.59 Å². The van der Waals surface area contributed by atoms with Crippen LogP contribution in [0, 0.1) is 5.92 Å². The molecule has 5 aromatic rings. The van der Waals surface area contributed by atoms with Gasteiger partial charge in [-0.05, 0) is 104 Å². The third kappa shape index (κ3) is 7.81. The number of ether oxygens (including phenoxy) is 2. The largest absolute Gasteiger partial charge is 0.508 e. The van der Waals surface area contributed by atoms with E-state index in [-0.39, 0.29) is 24.5 Å². The van der Waals surface area contributed by atoms with E-state index in [0.717, 1.165) is 106 Å². The number of anilines is 1. The number of piperidine rings is 1. The highest BCUT2D eigenvalue weighted by molar-refractivity contribution is 9.10. The number of amides is 4. The number of nitrogens with zero attached hydrogens (tertiary/aromatic N) is 4. The van der Waals surface area contributed by atoms with E-state index in [1.807, 2.05) is 48.5 Å². The van der Waals surface area contributed by atoms with Gasteiger partial charge >= 0.3 is 0 Å². The van der Waals surface area contributed by atoms with Crippen molar-refractivity contribution in [1.29, 1.82) is 0 Å². The molecule has 298 valence electrons. The Bertz CT molecular complexity index is 2400. The highest BCUT2D eigenvalue weighted by atomic mass is 79.9. The van der Waals surface area contributed by atoms with Gasteiger partial charge in [0.25, 0.3) is 11.8 Å². The van der Waals surface area contributed by atoms with Crippen molar-refractivity contribution >= 4 is 66.7 Å². The maximum Gasteiger partial charge on any atom is 0.262 e. The Labute approximate surface area is 348 Å². The molecular weight excluding hydrogens is 822 g/mol. The molecule has 3 saturated heterocycles. The lowest BCUT2D eigenvalue weighted by Gasteiger charge is -2.43. The molecule has 0 aliphatic carbocycles. The summed E-state index contributed by atoms with van der Waals surface area (Å²) in [7, 11) is 0. The van der Waals surface area contributed by atoms with Crippen molar-refractivity contribution in [3.05, 3.63) is 101 Å². The molecule has 3 fully saturated rings. The first-order chi connectivity index (χ1) is 28.2. The van der Waals surface area contributed by atoms with Crippen LogP contribution < -0.4 is 19.7 Å². The molecule has 58 heavy (non-hydrogen) atoms. The van der Waals surface area contributed by atoms with Gasteiger partial charge in [-0.15, -0.1) is 11.3 Å². The molecule has 1 atom stereocenters. The van der Waals surface area contributed by atoms with Crippen LogP contribution in [0.3, 0.4) is 0 Å². The Balaban J connectivity index is 0.730. The molecule has 12 nitrogen and oxygen atoms in total. The summed E-state index contributed by atoms with van der Waals surface area (Å²) in [5, 5.41) is 13.3. The summed E-state index contributed by atoms with van der Waals surface area (Å²) < 4.78 is 14.6. The minimum atomic E-state index is -0.965. The fourth-order valence-corrected chi connectivity index (χ4v) is 9.75. The van der Waals surface area contributed by atoms with E-state index in [9.17, 15) is 24.3 Å². The number of aromatic hydroxyl groups is 1. The van der Waals surface area contributed by atoms with Crippen molar-refractivity contribution in [2.24, 2.45) is 5.92 Å². The first-order valence-electron chi connectivity index (χ1n) is 19.6. The van der Waals surface area contributed by atoms with Crippen molar-refractivity contribution in [2.75, 3.05) is 63.9 Å². The topological polar surface area (TPSA) is 132 Å². The van der Waals surface area contributed by atoms with Gasteiger partial charge in [-0.1, -0.05) is 28.1 Å². The lowest BCUT2D eigenvalue weighted by Crippen LogP contribution is -2.54. The zero-order valence-electron chi connectivity index (χ0n) is 31.7. The Morgan fingerprint density at radius 1 is 0.810 bits per heavy atom. The third-order valence-corrected chi connectivity index (χ3v) is 13.1. The Hall–Kier alpha value is -5.28. The van der Waals surface area contributed by atoms with Crippen LogP contribution in [0.1, 0.15) is 40.0 Å². The van der Waals surface area contributed by atoms with E-state index in [1.165, 1.54) is 0 Å². The van der Waals surface area contributed by atoms with Gasteiger partial charge in [0, 0.05) is 71.9 Å². The second-order valence-electron chi connectivity index (χ2n) is 15.3. The Morgan fingerprint density at radius 3 is 2.34 bits per heavy atom. The number of hydrogen-bond acceptors (Lipinski definition) is 11. The molecule has 0 spiro atoms. The van der Waals surface area contributed by atoms with Gasteiger partial charge in [0.2, 0.25) is 11.8 Å². The van der Waals surface area contributed by atoms with E-state index >= 15 is 0 Å². The Morgan fingerprint density at radius 2 is 1.55 bits per heavy atom. The molecule has 14 heteroatoms. The van der Waals surface area contributed by atoms with E-state index < -0.39 is 23.8 Å². The molecule has 2 N–H and O–H groups in total. The minimum absolute atomic E-state index is 0.0974. The summed E-state index contributed by atoms with van der Waals surface area (Å²) in [5.41, 5.74) is 2.56. The smallest absolute Gasteiger partial charge is 0.262 e. The normalized spacial score (nSPS) is 19.3. The molecule has 4 aliphatic rings. The van der Waals surface area contributed by atoms with Crippen molar-refractivity contribution in [1.82, 2.24) is 20.0 Å². The van der Waals surface area contributed by atoms with Gasteiger partial charge < -0.3 is 24.4 Å². The number of thiophene rings is 1. The fourth-order valence-electron chi connectivity index (χ4n) is 8.32. The number of nitrogens with one attached hydrogen (secondary N) is 1. The van der Waals surface area contributed by atoms with Crippen molar-refractivity contribution in [2.45, 2.75) is 25.3 Å². The molecule has 0 radical (unpaired) electrons. The summed E-state index contributed by atoms with van der Waals surface area (Å²) in [4.78, 5) is 59.7. The van der Waals surface area contributed by atoms with Gasteiger partial charge in [-0.2, -0.15) is 0 Å². The van der Waals surface area contributed by atoms with Gasteiger partial charge in [-0.25, -0.2) is 0 Å². The quantitative estimate of drug-likeness (QED) is 0.138. The number of carbonyl (C=O) groups is 4. The van der Waals surface area contributed by atoms with E-state index in [4.69, 9.17) is 9.47 Å². The average Bonchev–Trinajstić information content (AvgIpc) is 3.55. The predicted molar refractivity (Wildman–Crippen MR) is 225 cm³/mol. The first-order valence-corrected chi connectivity index (χ1v) is 21.3. The van der Waals surface area contributed by atoms with Crippen molar-refractivity contribution in [3.63, 3.8) is 0 Å². The third-order valence-electron chi connectivity index (χ3n) is 11.4. The molecular formula is C44H42BrN5O7S. The van der Waals surface area contributed by atoms with Crippen LogP contribution in [0.2, 0.25) is 0 Å². The number of fused-ring (bicyclic) bond motifs is 2. The lowest BCUT2D eigenvalue weighted by molar-refractivity contribution is -0.136. The summed E-state index contributed by atoms with van der Waals surface area (Å²) in [6, 6.07) is 25.6. The van der Waals surface area contributed by atoms with Crippen LogP contribution in [0.25, 0.3) is 20.5 Å². The summed E-state index contributed by atoms with van der Waals surface area (Å²) in [6.07, 6.45) is 1.33. The standard InChI is InChI=1S/C44H42BrN5O7S/c45-29-4-2-28(3-5-29)41-40(35-13-7-31(51)23-38(35)58-41)57-33-10-8-32(9-11-33)56-21-20-47-16-1-17-48(19-18-47)24-27-25-49(26-27)30-6-12-34-36(22-30)44(55)50(43(34)54)37-14-15-39(52)46-42(37)53/h2-13,22-23,27,37,51H,1,14-21,24-26H2,(H,46,52,53). The highest BCUT2D eigenvalue weighted by Gasteiger charge is 2.45.